The van der Waals surface area contributed by atoms with Gasteiger partial charge in [0.2, 0.25) is 15.9 Å². The predicted octanol–water partition coefficient (Wildman–Crippen LogP) is 3.27. The van der Waals surface area contributed by atoms with Crippen molar-refractivity contribution in [2.24, 2.45) is 0 Å². The van der Waals surface area contributed by atoms with Crippen LogP contribution in [0.1, 0.15) is 18.1 Å². The number of nitrogens with one attached hydrogen (secondary N) is 2. The Labute approximate surface area is 158 Å². The Morgan fingerprint density at radius 3 is 2.46 bits per heavy atom. The number of rotatable bonds is 6. The van der Waals surface area contributed by atoms with Gasteiger partial charge in [-0.25, -0.2) is 8.42 Å². The SMILES string of the molecule is COc1ccc(S(=O)(=O)N[C@H](C)C(=O)Nc2cc(C)ccc2C)cc1Cl. The summed E-state index contributed by atoms with van der Waals surface area (Å²) in [6.07, 6.45) is 0. The van der Waals surface area contributed by atoms with E-state index in [0.29, 0.717) is 11.4 Å². The number of amides is 1. The van der Waals surface area contributed by atoms with Crippen molar-refractivity contribution >= 4 is 33.2 Å². The molecule has 0 aromatic heterocycles. The summed E-state index contributed by atoms with van der Waals surface area (Å²) in [7, 11) is -2.48. The Bertz CT molecular complexity index is 929. The van der Waals surface area contributed by atoms with Crippen LogP contribution in [0.25, 0.3) is 0 Å². The minimum atomic E-state index is -3.91. The third kappa shape index (κ3) is 4.75. The van der Waals surface area contributed by atoms with Gasteiger partial charge in [0.05, 0.1) is 23.1 Å². The van der Waals surface area contributed by atoms with E-state index in [2.05, 4.69) is 10.0 Å². The molecule has 26 heavy (non-hydrogen) atoms. The lowest BCUT2D eigenvalue weighted by molar-refractivity contribution is -0.117. The van der Waals surface area contributed by atoms with E-state index in [-0.39, 0.29) is 9.92 Å². The fraction of sp³-hybridized carbons (Fsp3) is 0.278. The number of hydrogen-bond donors (Lipinski definition) is 2. The number of ether oxygens (including phenoxy) is 1. The lowest BCUT2D eigenvalue weighted by Gasteiger charge is -2.16. The molecule has 2 rings (SSSR count). The molecule has 1 atom stereocenters. The Kier molecular flexibility index (Phi) is 6.28. The third-order valence-electron chi connectivity index (χ3n) is 3.81. The van der Waals surface area contributed by atoms with Crippen molar-refractivity contribution in [1.82, 2.24) is 4.72 Å². The van der Waals surface area contributed by atoms with Gasteiger partial charge in [-0.05, 0) is 56.2 Å². The number of hydrogen-bond acceptors (Lipinski definition) is 4. The quantitative estimate of drug-likeness (QED) is 0.784. The Hall–Kier alpha value is -2.09. The van der Waals surface area contributed by atoms with Gasteiger partial charge in [0.25, 0.3) is 0 Å². The number of halogens is 1. The fourth-order valence-corrected chi connectivity index (χ4v) is 3.83. The van der Waals surface area contributed by atoms with E-state index >= 15 is 0 Å². The molecule has 8 heteroatoms. The van der Waals surface area contributed by atoms with E-state index in [4.69, 9.17) is 16.3 Å². The van der Waals surface area contributed by atoms with E-state index < -0.39 is 22.0 Å². The summed E-state index contributed by atoms with van der Waals surface area (Å²) in [6.45, 7) is 5.25. The van der Waals surface area contributed by atoms with Crippen LogP contribution in [0.2, 0.25) is 5.02 Å². The number of carbonyl (C=O) groups excluding carboxylic acids is 1. The normalized spacial score (nSPS) is 12.5. The van der Waals surface area contributed by atoms with E-state index in [1.165, 1.54) is 32.2 Å². The summed E-state index contributed by atoms with van der Waals surface area (Å²) >= 11 is 5.98. The van der Waals surface area contributed by atoms with Gasteiger partial charge in [-0.2, -0.15) is 4.72 Å². The fourth-order valence-electron chi connectivity index (χ4n) is 2.28. The molecular weight excluding hydrogens is 376 g/mol. The van der Waals surface area contributed by atoms with Gasteiger partial charge in [-0.1, -0.05) is 23.7 Å². The molecule has 140 valence electrons. The van der Waals surface area contributed by atoms with Crippen molar-refractivity contribution in [1.29, 1.82) is 0 Å². The molecule has 0 saturated carbocycles. The first-order chi connectivity index (χ1) is 12.1. The summed E-state index contributed by atoms with van der Waals surface area (Å²) in [4.78, 5) is 12.3. The van der Waals surface area contributed by atoms with Crippen LogP contribution in [0.15, 0.2) is 41.3 Å². The summed E-state index contributed by atoms with van der Waals surface area (Å²) < 4.78 is 32.3. The first-order valence-electron chi connectivity index (χ1n) is 7.88. The second-order valence-electron chi connectivity index (χ2n) is 5.95. The Morgan fingerprint density at radius 2 is 1.85 bits per heavy atom. The van der Waals surface area contributed by atoms with Gasteiger partial charge in [0.1, 0.15) is 5.75 Å². The number of methoxy groups -OCH3 is 1. The van der Waals surface area contributed by atoms with Crippen molar-refractivity contribution in [2.45, 2.75) is 31.7 Å². The molecule has 0 aliphatic carbocycles. The van der Waals surface area contributed by atoms with Gasteiger partial charge in [0, 0.05) is 5.69 Å². The number of sulfonamides is 1. The average molecular weight is 397 g/mol. The van der Waals surface area contributed by atoms with Gasteiger partial charge in [-0.15, -0.1) is 0 Å². The molecule has 2 N–H and O–H groups in total. The molecule has 0 bridgehead atoms. The maximum Gasteiger partial charge on any atom is 0.242 e. The summed E-state index contributed by atoms with van der Waals surface area (Å²) in [6, 6.07) is 8.78. The number of benzene rings is 2. The molecule has 1 amide bonds. The largest absolute Gasteiger partial charge is 0.495 e. The van der Waals surface area contributed by atoms with Crippen LogP contribution in [0.4, 0.5) is 5.69 Å². The molecule has 2 aromatic carbocycles. The molecular formula is C18H21ClN2O4S. The highest BCUT2D eigenvalue weighted by molar-refractivity contribution is 7.89. The van der Waals surface area contributed by atoms with Crippen molar-refractivity contribution in [3.8, 4) is 5.75 Å². The highest BCUT2D eigenvalue weighted by atomic mass is 35.5. The third-order valence-corrected chi connectivity index (χ3v) is 5.64. The molecule has 0 radical (unpaired) electrons. The highest BCUT2D eigenvalue weighted by Gasteiger charge is 2.23. The molecule has 0 spiro atoms. The smallest absolute Gasteiger partial charge is 0.242 e. The van der Waals surface area contributed by atoms with Crippen molar-refractivity contribution in [3.05, 3.63) is 52.5 Å². The van der Waals surface area contributed by atoms with Crippen LogP contribution >= 0.6 is 11.6 Å². The lowest BCUT2D eigenvalue weighted by atomic mass is 10.1. The van der Waals surface area contributed by atoms with Gasteiger partial charge < -0.3 is 10.1 Å². The summed E-state index contributed by atoms with van der Waals surface area (Å²) in [5.41, 5.74) is 2.53. The highest BCUT2D eigenvalue weighted by Crippen LogP contribution is 2.27. The van der Waals surface area contributed by atoms with Crippen LogP contribution in [0, 0.1) is 13.8 Å². The van der Waals surface area contributed by atoms with Crippen LogP contribution in [-0.4, -0.2) is 27.5 Å². The topological polar surface area (TPSA) is 84.5 Å². The molecule has 0 fully saturated rings. The van der Waals surface area contributed by atoms with Crippen molar-refractivity contribution in [3.63, 3.8) is 0 Å². The van der Waals surface area contributed by atoms with Crippen molar-refractivity contribution in [2.75, 3.05) is 12.4 Å². The second-order valence-corrected chi connectivity index (χ2v) is 8.07. The maximum absolute atomic E-state index is 12.5. The number of anilines is 1. The zero-order valence-corrected chi connectivity index (χ0v) is 16.5. The van der Waals surface area contributed by atoms with Crippen LogP contribution in [0.3, 0.4) is 0 Å². The van der Waals surface area contributed by atoms with E-state index in [1.54, 1.807) is 0 Å². The summed E-state index contributed by atoms with van der Waals surface area (Å²) in [5.74, 6) is -0.0896. The monoisotopic (exact) mass is 396 g/mol. The minimum Gasteiger partial charge on any atom is -0.495 e. The second kappa shape index (κ2) is 8.07. The number of carbonyl (C=O) groups is 1. The van der Waals surface area contributed by atoms with Crippen LogP contribution in [0.5, 0.6) is 5.75 Å². The molecule has 0 heterocycles. The number of aryl methyl sites for hydroxylation is 2. The first-order valence-corrected chi connectivity index (χ1v) is 9.74. The lowest BCUT2D eigenvalue weighted by Crippen LogP contribution is -2.41. The van der Waals surface area contributed by atoms with Crippen LogP contribution < -0.4 is 14.8 Å². The first kappa shape index (κ1) is 20.2. The average Bonchev–Trinajstić information content (AvgIpc) is 2.57. The maximum atomic E-state index is 12.5. The standard InChI is InChI=1S/C18H21ClN2O4S/c1-11-5-6-12(2)16(9-11)20-18(22)13(3)21-26(23,24)14-7-8-17(25-4)15(19)10-14/h5-10,13,21H,1-4H3,(H,20,22)/t13-/m1/s1. The minimum absolute atomic E-state index is 0.0466. The van der Waals surface area contributed by atoms with Gasteiger partial charge in [0.15, 0.2) is 0 Å². The summed E-state index contributed by atoms with van der Waals surface area (Å²) in [5, 5.41) is 2.91. The molecule has 0 aliphatic rings. The van der Waals surface area contributed by atoms with Crippen molar-refractivity contribution < 1.29 is 17.9 Å². The van der Waals surface area contributed by atoms with E-state index in [1.807, 2.05) is 32.0 Å². The zero-order valence-electron chi connectivity index (χ0n) is 15.0. The Morgan fingerprint density at radius 1 is 1.15 bits per heavy atom. The van der Waals surface area contributed by atoms with E-state index in [9.17, 15) is 13.2 Å². The molecule has 6 nitrogen and oxygen atoms in total. The molecule has 2 aromatic rings. The predicted molar refractivity (Wildman–Crippen MR) is 102 cm³/mol. The molecule has 0 unspecified atom stereocenters. The molecule has 0 aliphatic heterocycles. The van der Waals surface area contributed by atoms with Gasteiger partial charge >= 0.3 is 0 Å². The zero-order chi connectivity index (χ0) is 19.5. The molecule has 0 saturated heterocycles. The van der Waals surface area contributed by atoms with Gasteiger partial charge in [-0.3, -0.25) is 4.79 Å². The van der Waals surface area contributed by atoms with Crippen LogP contribution in [-0.2, 0) is 14.8 Å². The van der Waals surface area contributed by atoms with E-state index in [0.717, 1.165) is 11.1 Å². The Balaban J connectivity index is 2.14.